The van der Waals surface area contributed by atoms with Crippen LogP contribution in [-0.4, -0.2) is 20.6 Å². The molecular weight excluding hydrogens is 264 g/mol. The van der Waals surface area contributed by atoms with Gasteiger partial charge in [0.15, 0.2) is 0 Å². The first-order valence-electron chi connectivity index (χ1n) is 7.81. The smallest absolute Gasteiger partial charge is 0.337 e. The number of carbonyl (C=O) groups is 1. The van der Waals surface area contributed by atoms with Crippen molar-refractivity contribution in [2.24, 2.45) is 11.8 Å². The lowest BCUT2D eigenvalue weighted by atomic mass is 10.1. The highest BCUT2D eigenvalue weighted by atomic mass is 16.4. The summed E-state index contributed by atoms with van der Waals surface area (Å²) < 4.78 is 2.24. The van der Waals surface area contributed by atoms with Gasteiger partial charge in [0, 0.05) is 13.0 Å². The molecule has 2 aromatic rings. The first-order chi connectivity index (χ1) is 10.1. The lowest BCUT2D eigenvalue weighted by Gasteiger charge is -2.14. The minimum atomic E-state index is -0.901. The van der Waals surface area contributed by atoms with Crippen molar-refractivity contribution in [2.45, 2.75) is 46.1 Å². The summed E-state index contributed by atoms with van der Waals surface area (Å²) in [5.74, 6) is 1.60. The van der Waals surface area contributed by atoms with E-state index in [4.69, 9.17) is 0 Å². The highest BCUT2D eigenvalue weighted by Crippen LogP contribution is 2.33. The van der Waals surface area contributed by atoms with Crippen molar-refractivity contribution < 1.29 is 9.90 Å². The van der Waals surface area contributed by atoms with Crippen LogP contribution in [0.5, 0.6) is 0 Å². The number of carboxylic acids is 1. The van der Waals surface area contributed by atoms with E-state index in [1.807, 2.05) is 12.1 Å². The summed E-state index contributed by atoms with van der Waals surface area (Å²) in [5.41, 5.74) is 1.90. The van der Waals surface area contributed by atoms with Crippen LogP contribution in [0.4, 0.5) is 0 Å². The number of para-hydroxylation sites is 1. The van der Waals surface area contributed by atoms with E-state index in [0.717, 1.165) is 30.2 Å². The van der Waals surface area contributed by atoms with Crippen LogP contribution >= 0.6 is 0 Å². The number of fused-ring (bicyclic) bond motifs is 1. The lowest BCUT2D eigenvalue weighted by molar-refractivity contribution is 0.0699. The number of imidazole rings is 1. The van der Waals surface area contributed by atoms with Crippen molar-refractivity contribution in [3.8, 4) is 0 Å². The number of aryl methyl sites for hydroxylation is 1. The maximum atomic E-state index is 11.4. The van der Waals surface area contributed by atoms with E-state index in [1.54, 1.807) is 6.07 Å². The van der Waals surface area contributed by atoms with Crippen molar-refractivity contribution >= 4 is 17.0 Å². The Kier molecular flexibility index (Phi) is 3.70. The molecule has 1 heterocycles. The molecule has 0 bridgehead atoms. The molecule has 1 aliphatic rings. The third-order valence-corrected chi connectivity index (χ3v) is 4.65. The molecular formula is C17H22N2O2. The summed E-state index contributed by atoms with van der Waals surface area (Å²) in [6, 6.07) is 5.45. The van der Waals surface area contributed by atoms with Gasteiger partial charge in [-0.15, -0.1) is 0 Å². The van der Waals surface area contributed by atoms with Gasteiger partial charge >= 0.3 is 5.97 Å². The zero-order valence-corrected chi connectivity index (χ0v) is 12.7. The lowest BCUT2D eigenvalue weighted by Crippen LogP contribution is -2.10. The molecule has 0 saturated heterocycles. The number of aromatic carboxylic acids is 1. The summed E-state index contributed by atoms with van der Waals surface area (Å²) in [6.45, 7) is 5.36. The number of nitrogens with zero attached hydrogens (tertiary/aromatic N) is 2. The van der Waals surface area contributed by atoms with Crippen LogP contribution < -0.4 is 0 Å². The van der Waals surface area contributed by atoms with Crippen molar-refractivity contribution in [1.82, 2.24) is 9.55 Å². The predicted octanol–water partition coefficient (Wildman–Crippen LogP) is 3.73. The highest BCUT2D eigenvalue weighted by Gasteiger charge is 2.24. The Labute approximate surface area is 124 Å². The molecule has 1 N–H and O–H groups in total. The second kappa shape index (κ2) is 5.51. The van der Waals surface area contributed by atoms with E-state index in [1.165, 1.54) is 19.3 Å². The monoisotopic (exact) mass is 286 g/mol. The summed E-state index contributed by atoms with van der Waals surface area (Å²) in [7, 11) is 0. The number of carboxylic acid groups (broad SMARTS) is 1. The Morgan fingerprint density at radius 1 is 1.43 bits per heavy atom. The fraction of sp³-hybridized carbons (Fsp3) is 0.529. The minimum Gasteiger partial charge on any atom is -0.478 e. The quantitative estimate of drug-likeness (QED) is 0.931. The molecule has 1 saturated carbocycles. The van der Waals surface area contributed by atoms with Crippen LogP contribution in [0, 0.1) is 11.8 Å². The third-order valence-electron chi connectivity index (χ3n) is 4.65. The Hall–Kier alpha value is -1.84. The predicted molar refractivity (Wildman–Crippen MR) is 82.6 cm³/mol. The fourth-order valence-electron chi connectivity index (χ4n) is 3.59. The van der Waals surface area contributed by atoms with E-state index in [-0.39, 0.29) is 0 Å². The number of hydrogen-bond acceptors (Lipinski definition) is 2. The van der Waals surface area contributed by atoms with E-state index in [0.29, 0.717) is 17.0 Å². The SMILES string of the molecule is CCc1nc2c(C(=O)O)cccc2n1CC1CCC(C)C1. The zero-order valence-electron chi connectivity index (χ0n) is 12.7. The average molecular weight is 286 g/mol. The van der Waals surface area contributed by atoms with Gasteiger partial charge in [0.25, 0.3) is 0 Å². The van der Waals surface area contributed by atoms with Gasteiger partial charge in [-0.05, 0) is 36.8 Å². The van der Waals surface area contributed by atoms with E-state index in [2.05, 4.69) is 23.4 Å². The molecule has 4 heteroatoms. The zero-order chi connectivity index (χ0) is 15.0. The molecule has 1 aliphatic carbocycles. The first-order valence-corrected chi connectivity index (χ1v) is 7.81. The molecule has 0 amide bonds. The molecule has 0 aliphatic heterocycles. The van der Waals surface area contributed by atoms with Gasteiger partial charge in [-0.3, -0.25) is 0 Å². The summed E-state index contributed by atoms with van der Waals surface area (Å²) >= 11 is 0. The Balaban J connectivity index is 2.04. The second-order valence-corrected chi connectivity index (χ2v) is 6.25. The van der Waals surface area contributed by atoms with Crippen LogP contribution in [0.3, 0.4) is 0 Å². The van der Waals surface area contributed by atoms with Gasteiger partial charge in [0.2, 0.25) is 0 Å². The number of hydrogen-bond donors (Lipinski definition) is 1. The minimum absolute atomic E-state index is 0.306. The molecule has 3 rings (SSSR count). The van der Waals surface area contributed by atoms with E-state index < -0.39 is 5.97 Å². The molecule has 2 unspecified atom stereocenters. The van der Waals surface area contributed by atoms with Crippen LogP contribution in [-0.2, 0) is 13.0 Å². The van der Waals surface area contributed by atoms with Crippen LogP contribution in [0.25, 0.3) is 11.0 Å². The summed E-state index contributed by atoms with van der Waals surface area (Å²) in [6.07, 6.45) is 4.67. The normalized spacial score (nSPS) is 22.0. The Morgan fingerprint density at radius 3 is 2.86 bits per heavy atom. The maximum absolute atomic E-state index is 11.4. The molecule has 112 valence electrons. The van der Waals surface area contributed by atoms with Gasteiger partial charge in [0.05, 0.1) is 11.1 Å². The molecule has 1 aromatic carbocycles. The summed E-state index contributed by atoms with van der Waals surface area (Å²) in [5, 5.41) is 9.33. The largest absolute Gasteiger partial charge is 0.478 e. The van der Waals surface area contributed by atoms with Crippen LogP contribution in [0.15, 0.2) is 18.2 Å². The number of rotatable bonds is 4. The van der Waals surface area contributed by atoms with Gasteiger partial charge in [-0.25, -0.2) is 9.78 Å². The topological polar surface area (TPSA) is 55.1 Å². The third kappa shape index (κ3) is 2.55. The molecule has 1 fully saturated rings. The standard InChI is InChI=1S/C17H22N2O2/c1-3-15-18-16-13(17(20)21)5-4-6-14(16)19(15)10-12-8-7-11(2)9-12/h4-6,11-12H,3,7-10H2,1-2H3,(H,20,21). The average Bonchev–Trinajstić information content (AvgIpc) is 3.03. The second-order valence-electron chi connectivity index (χ2n) is 6.25. The van der Waals surface area contributed by atoms with Crippen LogP contribution in [0.1, 0.15) is 49.3 Å². The summed E-state index contributed by atoms with van der Waals surface area (Å²) in [4.78, 5) is 16.0. The van der Waals surface area contributed by atoms with Crippen molar-refractivity contribution in [2.75, 3.05) is 0 Å². The molecule has 4 nitrogen and oxygen atoms in total. The number of aromatic nitrogens is 2. The van der Waals surface area contributed by atoms with E-state index in [9.17, 15) is 9.90 Å². The number of benzene rings is 1. The first kappa shape index (κ1) is 14.1. The highest BCUT2D eigenvalue weighted by molar-refractivity contribution is 6.01. The van der Waals surface area contributed by atoms with Gasteiger partial charge in [0.1, 0.15) is 11.3 Å². The van der Waals surface area contributed by atoms with Crippen molar-refractivity contribution in [3.63, 3.8) is 0 Å². The maximum Gasteiger partial charge on any atom is 0.337 e. The van der Waals surface area contributed by atoms with Crippen molar-refractivity contribution in [3.05, 3.63) is 29.6 Å². The van der Waals surface area contributed by atoms with E-state index >= 15 is 0 Å². The van der Waals surface area contributed by atoms with Gasteiger partial charge < -0.3 is 9.67 Å². The molecule has 1 aromatic heterocycles. The van der Waals surface area contributed by atoms with Crippen molar-refractivity contribution in [1.29, 1.82) is 0 Å². The van der Waals surface area contributed by atoms with Gasteiger partial charge in [-0.1, -0.05) is 26.3 Å². The molecule has 0 spiro atoms. The Morgan fingerprint density at radius 2 is 2.24 bits per heavy atom. The molecule has 21 heavy (non-hydrogen) atoms. The Bertz CT molecular complexity index is 675. The molecule has 0 radical (unpaired) electrons. The van der Waals surface area contributed by atoms with Gasteiger partial charge in [-0.2, -0.15) is 0 Å². The molecule has 2 atom stereocenters. The van der Waals surface area contributed by atoms with Crippen LogP contribution in [0.2, 0.25) is 0 Å². The fourth-order valence-corrected chi connectivity index (χ4v) is 3.59.